The molecular weight excluding hydrogens is 350 g/mol. The number of carbonyl (C=O) groups excluding carboxylic acids is 2. The highest BCUT2D eigenvalue weighted by molar-refractivity contribution is 6.04. The highest BCUT2D eigenvalue weighted by Crippen LogP contribution is 2.21. The van der Waals surface area contributed by atoms with E-state index in [1.807, 2.05) is 48.2 Å². The van der Waals surface area contributed by atoms with Crippen molar-refractivity contribution in [1.82, 2.24) is 4.90 Å². The zero-order valence-corrected chi connectivity index (χ0v) is 16.5. The predicted molar refractivity (Wildman–Crippen MR) is 114 cm³/mol. The average molecular weight is 380 g/mol. The van der Waals surface area contributed by atoms with Crippen molar-refractivity contribution in [3.05, 3.63) is 59.7 Å². The lowest BCUT2D eigenvalue weighted by atomic mass is 10.1. The lowest BCUT2D eigenvalue weighted by molar-refractivity contribution is -0.129. The summed E-state index contributed by atoms with van der Waals surface area (Å²) in [6.07, 6.45) is 5.87. The topological polar surface area (TPSA) is 61.4 Å². The van der Waals surface area contributed by atoms with Crippen LogP contribution in [0.1, 0.15) is 48.0 Å². The second kappa shape index (κ2) is 9.93. The minimum absolute atomic E-state index is 0.139. The van der Waals surface area contributed by atoms with Crippen molar-refractivity contribution in [1.29, 1.82) is 0 Å². The van der Waals surface area contributed by atoms with Gasteiger partial charge in [-0.15, -0.1) is 0 Å². The van der Waals surface area contributed by atoms with Gasteiger partial charge >= 0.3 is 0 Å². The molecule has 2 aromatic rings. The van der Waals surface area contributed by atoms with Gasteiger partial charge in [0.25, 0.3) is 5.91 Å². The molecule has 2 amide bonds. The van der Waals surface area contributed by atoms with Crippen molar-refractivity contribution in [2.45, 2.75) is 39.0 Å². The van der Waals surface area contributed by atoms with Crippen LogP contribution in [0, 0.1) is 6.92 Å². The van der Waals surface area contributed by atoms with Gasteiger partial charge in [-0.2, -0.15) is 0 Å². The van der Waals surface area contributed by atoms with Crippen LogP contribution < -0.4 is 10.6 Å². The number of amides is 2. The zero-order valence-electron chi connectivity index (χ0n) is 16.5. The van der Waals surface area contributed by atoms with Crippen LogP contribution in [0.25, 0.3) is 0 Å². The molecule has 2 aromatic carbocycles. The fraction of sp³-hybridized carbons (Fsp3) is 0.391. The number of nitrogens with one attached hydrogen (secondary N) is 2. The monoisotopic (exact) mass is 379 g/mol. The Kier molecular flexibility index (Phi) is 7.06. The first kappa shape index (κ1) is 19.9. The molecule has 0 bridgehead atoms. The maximum Gasteiger partial charge on any atom is 0.255 e. The van der Waals surface area contributed by atoms with E-state index in [1.54, 1.807) is 12.1 Å². The van der Waals surface area contributed by atoms with E-state index in [4.69, 9.17) is 0 Å². The van der Waals surface area contributed by atoms with Gasteiger partial charge in [0.15, 0.2) is 0 Å². The minimum atomic E-state index is -0.146. The third-order valence-electron chi connectivity index (χ3n) is 5.17. The molecule has 0 aromatic heterocycles. The number of anilines is 2. The predicted octanol–water partition coefficient (Wildman–Crippen LogP) is 4.45. The van der Waals surface area contributed by atoms with Crippen LogP contribution in [-0.2, 0) is 4.79 Å². The number of benzene rings is 2. The van der Waals surface area contributed by atoms with Crippen LogP contribution in [0.2, 0.25) is 0 Å². The fourth-order valence-corrected chi connectivity index (χ4v) is 3.46. The summed E-state index contributed by atoms with van der Waals surface area (Å²) in [6, 6.07) is 14.8. The van der Waals surface area contributed by atoms with Gasteiger partial charge in [-0.05, 0) is 49.6 Å². The SMILES string of the molecule is Cc1ccc(NC(=O)c2ccccc2)cc1NCC(=O)N1CCCCCCC1. The largest absolute Gasteiger partial charge is 0.376 e. The van der Waals surface area contributed by atoms with Crippen molar-refractivity contribution in [2.24, 2.45) is 0 Å². The summed E-state index contributed by atoms with van der Waals surface area (Å²) < 4.78 is 0. The van der Waals surface area contributed by atoms with E-state index in [2.05, 4.69) is 10.6 Å². The Balaban J connectivity index is 1.60. The smallest absolute Gasteiger partial charge is 0.255 e. The van der Waals surface area contributed by atoms with Gasteiger partial charge in [-0.3, -0.25) is 9.59 Å². The molecule has 3 rings (SSSR count). The minimum Gasteiger partial charge on any atom is -0.376 e. The van der Waals surface area contributed by atoms with Gasteiger partial charge in [0.05, 0.1) is 6.54 Å². The quantitative estimate of drug-likeness (QED) is 0.807. The molecule has 1 fully saturated rings. The van der Waals surface area contributed by atoms with Crippen LogP contribution in [0.5, 0.6) is 0 Å². The molecule has 0 atom stereocenters. The number of hydrogen-bond donors (Lipinski definition) is 2. The summed E-state index contributed by atoms with van der Waals surface area (Å²) in [6.45, 7) is 3.97. The lowest BCUT2D eigenvalue weighted by Gasteiger charge is -2.25. The third-order valence-corrected chi connectivity index (χ3v) is 5.17. The summed E-state index contributed by atoms with van der Waals surface area (Å²) in [7, 11) is 0. The van der Waals surface area contributed by atoms with Crippen LogP contribution >= 0.6 is 0 Å². The first-order chi connectivity index (χ1) is 13.6. The Morgan fingerprint density at radius 1 is 0.929 bits per heavy atom. The number of carbonyl (C=O) groups is 2. The molecule has 1 heterocycles. The maximum absolute atomic E-state index is 12.6. The van der Waals surface area contributed by atoms with Gasteiger partial charge in [-0.25, -0.2) is 0 Å². The molecule has 0 unspecified atom stereocenters. The Labute approximate surface area is 167 Å². The van der Waals surface area contributed by atoms with Crippen LogP contribution in [0.15, 0.2) is 48.5 Å². The molecule has 148 valence electrons. The molecule has 0 aliphatic carbocycles. The molecule has 0 spiro atoms. The third kappa shape index (κ3) is 5.59. The van der Waals surface area contributed by atoms with Crippen molar-refractivity contribution >= 4 is 23.2 Å². The molecule has 28 heavy (non-hydrogen) atoms. The van der Waals surface area contributed by atoms with E-state index in [0.29, 0.717) is 11.3 Å². The Morgan fingerprint density at radius 2 is 1.61 bits per heavy atom. The van der Waals surface area contributed by atoms with Crippen molar-refractivity contribution in [3.8, 4) is 0 Å². The standard InChI is InChI=1S/C23H29N3O2/c1-18-12-13-20(25-23(28)19-10-6-5-7-11-19)16-21(18)24-17-22(27)26-14-8-3-2-4-9-15-26/h5-7,10-13,16,24H,2-4,8-9,14-15,17H2,1H3,(H,25,28). The molecule has 5 heteroatoms. The number of aryl methyl sites for hydroxylation is 1. The second-order valence-electron chi connectivity index (χ2n) is 7.35. The van der Waals surface area contributed by atoms with Gasteiger partial charge in [0, 0.05) is 30.0 Å². The molecule has 5 nitrogen and oxygen atoms in total. The van der Waals surface area contributed by atoms with E-state index in [0.717, 1.165) is 37.2 Å². The Bertz CT molecular complexity index is 797. The van der Waals surface area contributed by atoms with Crippen LogP contribution in [0.4, 0.5) is 11.4 Å². The van der Waals surface area contributed by atoms with Crippen LogP contribution in [-0.4, -0.2) is 36.3 Å². The molecule has 0 radical (unpaired) electrons. The number of hydrogen-bond acceptors (Lipinski definition) is 3. The Hall–Kier alpha value is -2.82. The van der Waals surface area contributed by atoms with Gasteiger partial charge < -0.3 is 15.5 Å². The van der Waals surface area contributed by atoms with Crippen molar-refractivity contribution in [3.63, 3.8) is 0 Å². The number of nitrogens with zero attached hydrogens (tertiary/aromatic N) is 1. The summed E-state index contributed by atoms with van der Waals surface area (Å²) >= 11 is 0. The molecular formula is C23H29N3O2. The second-order valence-corrected chi connectivity index (χ2v) is 7.35. The molecule has 1 saturated heterocycles. The lowest BCUT2D eigenvalue weighted by Crippen LogP contribution is -2.37. The van der Waals surface area contributed by atoms with E-state index in [9.17, 15) is 9.59 Å². The van der Waals surface area contributed by atoms with E-state index < -0.39 is 0 Å². The normalized spacial score (nSPS) is 14.7. The average Bonchev–Trinajstić information content (AvgIpc) is 2.68. The highest BCUT2D eigenvalue weighted by Gasteiger charge is 2.15. The Morgan fingerprint density at radius 3 is 2.32 bits per heavy atom. The summed E-state index contributed by atoms with van der Waals surface area (Å²) in [4.78, 5) is 26.9. The number of likely N-dealkylation sites (tertiary alicyclic amines) is 1. The zero-order chi connectivity index (χ0) is 19.8. The molecule has 0 saturated carbocycles. The van der Waals surface area contributed by atoms with E-state index >= 15 is 0 Å². The number of rotatable bonds is 5. The highest BCUT2D eigenvalue weighted by atomic mass is 16.2. The maximum atomic E-state index is 12.6. The molecule has 2 N–H and O–H groups in total. The van der Waals surface area contributed by atoms with Gasteiger partial charge in [0.2, 0.25) is 5.91 Å². The molecule has 1 aliphatic rings. The van der Waals surface area contributed by atoms with Crippen molar-refractivity contribution < 1.29 is 9.59 Å². The van der Waals surface area contributed by atoms with Gasteiger partial charge in [0.1, 0.15) is 0 Å². The van der Waals surface area contributed by atoms with E-state index in [1.165, 1.54) is 19.3 Å². The summed E-state index contributed by atoms with van der Waals surface area (Å²) in [5.74, 6) is -0.00728. The first-order valence-electron chi connectivity index (χ1n) is 10.1. The molecule has 1 aliphatic heterocycles. The summed E-state index contributed by atoms with van der Waals surface area (Å²) in [5.41, 5.74) is 3.23. The fourth-order valence-electron chi connectivity index (χ4n) is 3.46. The first-order valence-corrected chi connectivity index (χ1v) is 10.1. The van der Waals surface area contributed by atoms with E-state index in [-0.39, 0.29) is 18.4 Å². The van der Waals surface area contributed by atoms with Gasteiger partial charge in [-0.1, -0.05) is 43.5 Å². The van der Waals surface area contributed by atoms with Crippen LogP contribution in [0.3, 0.4) is 0 Å². The summed E-state index contributed by atoms with van der Waals surface area (Å²) in [5, 5.41) is 6.17. The van der Waals surface area contributed by atoms with Crippen molar-refractivity contribution in [2.75, 3.05) is 30.3 Å².